The molecule has 2 fully saturated rings. The van der Waals surface area contributed by atoms with E-state index in [1.807, 2.05) is 17.4 Å². The zero-order chi connectivity index (χ0) is 18.6. The Labute approximate surface area is 167 Å². The minimum atomic E-state index is 0.708. The van der Waals surface area contributed by atoms with Gasteiger partial charge in [0.1, 0.15) is 5.75 Å². The Hall–Kier alpha value is -1.56. The van der Waals surface area contributed by atoms with Crippen molar-refractivity contribution in [3.8, 4) is 5.75 Å². The highest BCUT2D eigenvalue weighted by Crippen LogP contribution is 2.29. The lowest BCUT2D eigenvalue weighted by Gasteiger charge is -2.44. The lowest BCUT2D eigenvalue weighted by molar-refractivity contribution is 0.0892. The molecule has 0 aliphatic carbocycles. The molecular weight excluding hydrogens is 354 g/mol. The highest BCUT2D eigenvalue weighted by atomic mass is 32.1. The zero-order valence-electron chi connectivity index (χ0n) is 16.6. The van der Waals surface area contributed by atoms with Crippen molar-refractivity contribution >= 4 is 17.0 Å². The average Bonchev–Trinajstić information content (AvgIpc) is 3.13. The first kappa shape index (κ1) is 18.8. The van der Waals surface area contributed by atoms with E-state index in [4.69, 9.17) is 4.74 Å². The van der Waals surface area contributed by atoms with Gasteiger partial charge in [-0.3, -0.25) is 9.80 Å². The minimum Gasteiger partial charge on any atom is -0.495 e. The highest BCUT2D eigenvalue weighted by Gasteiger charge is 2.28. The van der Waals surface area contributed by atoms with Crippen LogP contribution in [0.15, 0.2) is 36.4 Å². The third kappa shape index (κ3) is 4.48. The molecule has 5 heteroatoms. The fourth-order valence-electron chi connectivity index (χ4n) is 4.48. The lowest BCUT2D eigenvalue weighted by atomic mass is 10.0. The Morgan fingerprint density at radius 3 is 2.59 bits per heavy atom. The molecule has 0 amide bonds. The first-order chi connectivity index (χ1) is 13.2. The molecule has 4 nitrogen and oxygen atoms in total. The molecule has 146 valence electrons. The molecule has 1 aromatic carbocycles. The van der Waals surface area contributed by atoms with Gasteiger partial charge < -0.3 is 9.64 Å². The van der Waals surface area contributed by atoms with Gasteiger partial charge in [-0.25, -0.2) is 0 Å². The van der Waals surface area contributed by atoms with Crippen molar-refractivity contribution in [1.82, 2.24) is 9.80 Å². The molecular formula is C22H31N3OS. The van der Waals surface area contributed by atoms with Crippen LogP contribution >= 0.6 is 11.3 Å². The summed E-state index contributed by atoms with van der Waals surface area (Å²) in [6, 6.07) is 13.7. The molecule has 1 atom stereocenters. The number of hydrogen-bond acceptors (Lipinski definition) is 5. The Morgan fingerprint density at radius 1 is 1.04 bits per heavy atom. The van der Waals surface area contributed by atoms with Crippen LogP contribution in [0.25, 0.3) is 0 Å². The standard InChI is InChI=1S/C22H31N3OS/c1-18-9-10-20(27-18)17-23-11-5-6-19(16-23)24-12-14-25(15-13-24)21-7-3-4-8-22(21)26-2/h3-4,7-10,19H,5-6,11-17H2,1-2H3/t19-/m1/s1. The van der Waals surface area contributed by atoms with Crippen molar-refractivity contribution < 1.29 is 4.74 Å². The van der Waals surface area contributed by atoms with Crippen LogP contribution in [0.2, 0.25) is 0 Å². The van der Waals surface area contributed by atoms with Gasteiger partial charge in [0.15, 0.2) is 0 Å². The van der Waals surface area contributed by atoms with Crippen LogP contribution in [-0.2, 0) is 6.54 Å². The maximum atomic E-state index is 5.55. The minimum absolute atomic E-state index is 0.708. The van der Waals surface area contributed by atoms with E-state index in [2.05, 4.69) is 52.0 Å². The molecule has 1 aromatic heterocycles. The fourth-order valence-corrected chi connectivity index (χ4v) is 5.42. The summed E-state index contributed by atoms with van der Waals surface area (Å²) in [5.41, 5.74) is 1.23. The smallest absolute Gasteiger partial charge is 0.142 e. The summed E-state index contributed by atoms with van der Waals surface area (Å²) in [5, 5.41) is 0. The second-order valence-corrected chi connectivity index (χ2v) is 9.11. The summed E-state index contributed by atoms with van der Waals surface area (Å²) in [6.45, 7) is 10.2. The van der Waals surface area contributed by atoms with Crippen LogP contribution < -0.4 is 9.64 Å². The van der Waals surface area contributed by atoms with Crippen molar-refractivity contribution in [2.24, 2.45) is 0 Å². The van der Waals surface area contributed by atoms with E-state index < -0.39 is 0 Å². The monoisotopic (exact) mass is 385 g/mol. The molecule has 0 unspecified atom stereocenters. The largest absolute Gasteiger partial charge is 0.495 e. The molecule has 0 radical (unpaired) electrons. The summed E-state index contributed by atoms with van der Waals surface area (Å²) in [7, 11) is 1.76. The quantitative estimate of drug-likeness (QED) is 0.778. The topological polar surface area (TPSA) is 19.0 Å². The normalized spacial score (nSPS) is 22.1. The number of ether oxygens (including phenoxy) is 1. The molecule has 3 heterocycles. The molecule has 0 N–H and O–H groups in total. The van der Waals surface area contributed by atoms with Gasteiger partial charge in [-0.05, 0) is 50.6 Å². The van der Waals surface area contributed by atoms with Gasteiger partial charge in [-0.1, -0.05) is 12.1 Å². The van der Waals surface area contributed by atoms with Crippen LogP contribution in [0.1, 0.15) is 22.6 Å². The van der Waals surface area contributed by atoms with Gasteiger partial charge in [-0.15, -0.1) is 11.3 Å². The van der Waals surface area contributed by atoms with Crippen molar-refractivity contribution in [2.45, 2.75) is 32.4 Å². The maximum Gasteiger partial charge on any atom is 0.142 e. The Bertz CT molecular complexity index is 739. The number of benzene rings is 1. The summed E-state index contributed by atoms with van der Waals surface area (Å²) in [6.07, 6.45) is 2.66. The number of aryl methyl sites for hydroxylation is 1. The first-order valence-electron chi connectivity index (χ1n) is 10.1. The second-order valence-electron chi connectivity index (χ2n) is 7.74. The lowest BCUT2D eigenvalue weighted by Crippen LogP contribution is -2.55. The van der Waals surface area contributed by atoms with E-state index in [0.717, 1.165) is 38.5 Å². The van der Waals surface area contributed by atoms with E-state index in [-0.39, 0.29) is 0 Å². The molecule has 0 spiro atoms. The van der Waals surface area contributed by atoms with Crippen molar-refractivity contribution in [3.05, 3.63) is 46.2 Å². The number of hydrogen-bond donors (Lipinski definition) is 0. The maximum absolute atomic E-state index is 5.55. The number of piperazine rings is 1. The van der Waals surface area contributed by atoms with Gasteiger partial charge in [0, 0.05) is 55.1 Å². The molecule has 0 bridgehead atoms. The number of rotatable bonds is 5. The molecule has 4 rings (SSSR count). The van der Waals surface area contributed by atoms with Crippen LogP contribution in [0.3, 0.4) is 0 Å². The number of methoxy groups -OCH3 is 1. The number of para-hydroxylation sites is 2. The molecule has 2 saturated heterocycles. The van der Waals surface area contributed by atoms with Crippen LogP contribution in [0, 0.1) is 6.92 Å². The van der Waals surface area contributed by atoms with Crippen molar-refractivity contribution in [2.75, 3.05) is 51.3 Å². The van der Waals surface area contributed by atoms with Crippen LogP contribution in [0.4, 0.5) is 5.69 Å². The number of piperidine rings is 1. The summed E-state index contributed by atoms with van der Waals surface area (Å²) >= 11 is 1.95. The Morgan fingerprint density at radius 2 is 1.85 bits per heavy atom. The number of anilines is 1. The third-order valence-electron chi connectivity index (χ3n) is 5.91. The van der Waals surface area contributed by atoms with Gasteiger partial charge in [0.25, 0.3) is 0 Å². The first-order valence-corrected chi connectivity index (χ1v) is 10.9. The van der Waals surface area contributed by atoms with E-state index in [1.165, 1.54) is 41.4 Å². The number of likely N-dealkylation sites (tertiary alicyclic amines) is 1. The average molecular weight is 386 g/mol. The highest BCUT2D eigenvalue weighted by molar-refractivity contribution is 7.11. The SMILES string of the molecule is COc1ccccc1N1CCN([C@@H]2CCCN(Cc3ccc(C)s3)C2)CC1. The molecule has 0 saturated carbocycles. The summed E-state index contributed by atoms with van der Waals surface area (Å²) in [4.78, 5) is 10.8. The van der Waals surface area contributed by atoms with Gasteiger partial charge in [0.2, 0.25) is 0 Å². The number of thiophene rings is 1. The Kier molecular flexibility index (Phi) is 6.01. The number of nitrogens with zero attached hydrogens (tertiary/aromatic N) is 3. The Balaban J connectivity index is 1.32. The predicted octanol–water partition coefficient (Wildman–Crippen LogP) is 3.85. The van der Waals surface area contributed by atoms with E-state index >= 15 is 0 Å². The molecule has 2 aromatic rings. The van der Waals surface area contributed by atoms with E-state index in [9.17, 15) is 0 Å². The molecule has 27 heavy (non-hydrogen) atoms. The van der Waals surface area contributed by atoms with Gasteiger partial charge in [-0.2, -0.15) is 0 Å². The van der Waals surface area contributed by atoms with Crippen molar-refractivity contribution in [1.29, 1.82) is 0 Å². The predicted molar refractivity (Wildman–Crippen MR) is 114 cm³/mol. The second kappa shape index (κ2) is 8.63. The van der Waals surface area contributed by atoms with Gasteiger partial charge in [0.05, 0.1) is 12.8 Å². The molecule has 2 aliphatic heterocycles. The summed E-state index contributed by atoms with van der Waals surface area (Å²) < 4.78 is 5.55. The van der Waals surface area contributed by atoms with E-state index in [0.29, 0.717) is 6.04 Å². The third-order valence-corrected chi connectivity index (χ3v) is 6.90. The van der Waals surface area contributed by atoms with Crippen molar-refractivity contribution in [3.63, 3.8) is 0 Å². The zero-order valence-corrected chi connectivity index (χ0v) is 17.4. The molecule has 2 aliphatic rings. The van der Waals surface area contributed by atoms with Crippen LogP contribution in [0.5, 0.6) is 5.75 Å². The fraction of sp³-hybridized carbons (Fsp3) is 0.545. The van der Waals surface area contributed by atoms with E-state index in [1.54, 1.807) is 7.11 Å². The van der Waals surface area contributed by atoms with Gasteiger partial charge >= 0.3 is 0 Å². The summed E-state index contributed by atoms with van der Waals surface area (Å²) in [5.74, 6) is 0.987. The van der Waals surface area contributed by atoms with Crippen LogP contribution in [-0.4, -0.2) is 62.2 Å².